The smallest absolute Gasteiger partial charge is 0.237 e. The summed E-state index contributed by atoms with van der Waals surface area (Å²) in [5, 5.41) is 3.03. The Hall–Kier alpha value is -1.06. The van der Waals surface area contributed by atoms with E-state index in [0.717, 1.165) is 24.8 Å². The maximum atomic E-state index is 12.0. The van der Waals surface area contributed by atoms with Gasteiger partial charge >= 0.3 is 0 Å². The highest BCUT2D eigenvalue weighted by atomic mass is 35.5. The van der Waals surface area contributed by atoms with Crippen molar-refractivity contribution in [1.82, 2.24) is 5.32 Å². The summed E-state index contributed by atoms with van der Waals surface area (Å²) in [6.07, 6.45) is 2.66. The van der Waals surface area contributed by atoms with Crippen molar-refractivity contribution in [2.75, 3.05) is 0 Å². The second-order valence-corrected chi connectivity index (χ2v) is 5.56. The van der Waals surface area contributed by atoms with Gasteiger partial charge in [0.05, 0.1) is 11.6 Å². The average molecular weight is 299 g/mol. The van der Waals surface area contributed by atoms with E-state index < -0.39 is 11.6 Å². The van der Waals surface area contributed by atoms with Crippen LogP contribution in [-0.4, -0.2) is 11.9 Å². The van der Waals surface area contributed by atoms with E-state index >= 15 is 0 Å². The fourth-order valence-corrected chi connectivity index (χ4v) is 2.07. The first-order chi connectivity index (χ1) is 8.90. The number of nitrogens with two attached hydrogens (primary N) is 1. The van der Waals surface area contributed by atoms with Crippen molar-refractivity contribution in [3.63, 3.8) is 0 Å². The molecule has 1 rings (SSSR count). The third-order valence-corrected chi connectivity index (χ3v) is 3.46. The Bertz CT molecular complexity index is 415. The summed E-state index contributed by atoms with van der Waals surface area (Å²) >= 11 is 0. The fourth-order valence-electron chi connectivity index (χ4n) is 2.07. The average Bonchev–Trinajstić information content (AvgIpc) is 2.38. The molecule has 0 saturated carbocycles. The quantitative estimate of drug-likeness (QED) is 0.847. The van der Waals surface area contributed by atoms with Gasteiger partial charge in [-0.25, -0.2) is 0 Å². The molecule has 0 bridgehead atoms. The van der Waals surface area contributed by atoms with Crippen LogP contribution < -0.4 is 11.1 Å². The standard InChI is InChI=1S/C16H26N2O.ClH/c1-5-7-14(17)15(19)18-16(3,4)13-10-8-12(6-2)9-11-13;/h8-11,14H,5-7,17H2,1-4H3,(H,18,19);1H. The van der Waals surface area contributed by atoms with E-state index in [0.29, 0.717) is 0 Å². The first-order valence-corrected chi connectivity index (χ1v) is 7.07. The van der Waals surface area contributed by atoms with Crippen LogP contribution in [0.4, 0.5) is 0 Å². The number of nitrogens with one attached hydrogen (secondary N) is 1. The van der Waals surface area contributed by atoms with Crippen LogP contribution in [-0.2, 0) is 16.8 Å². The van der Waals surface area contributed by atoms with Crippen molar-refractivity contribution < 1.29 is 4.79 Å². The molecule has 3 N–H and O–H groups in total. The van der Waals surface area contributed by atoms with Crippen LogP contribution >= 0.6 is 12.4 Å². The molecule has 1 aromatic rings. The second kappa shape index (κ2) is 8.28. The van der Waals surface area contributed by atoms with Gasteiger partial charge < -0.3 is 11.1 Å². The van der Waals surface area contributed by atoms with Crippen LogP contribution in [0, 0.1) is 0 Å². The van der Waals surface area contributed by atoms with Gasteiger partial charge in [0, 0.05) is 0 Å². The molecule has 0 saturated heterocycles. The minimum absolute atomic E-state index is 0. The van der Waals surface area contributed by atoms with E-state index in [1.165, 1.54) is 5.56 Å². The summed E-state index contributed by atoms with van der Waals surface area (Å²) in [7, 11) is 0. The minimum Gasteiger partial charge on any atom is -0.346 e. The molecule has 20 heavy (non-hydrogen) atoms. The lowest BCUT2D eigenvalue weighted by Gasteiger charge is -2.28. The molecule has 0 aliphatic rings. The van der Waals surface area contributed by atoms with Crippen LogP contribution in [0.3, 0.4) is 0 Å². The van der Waals surface area contributed by atoms with E-state index in [1.54, 1.807) is 0 Å². The number of carbonyl (C=O) groups is 1. The normalized spacial score (nSPS) is 12.4. The number of amides is 1. The number of hydrogen-bond acceptors (Lipinski definition) is 2. The molecule has 0 radical (unpaired) electrons. The van der Waals surface area contributed by atoms with Gasteiger partial charge in [0.25, 0.3) is 0 Å². The molecule has 0 heterocycles. The van der Waals surface area contributed by atoms with Crippen LogP contribution in [0.25, 0.3) is 0 Å². The van der Waals surface area contributed by atoms with Gasteiger partial charge in [0.2, 0.25) is 5.91 Å². The Kier molecular flexibility index (Phi) is 7.84. The van der Waals surface area contributed by atoms with Crippen molar-refractivity contribution in [2.45, 2.75) is 58.5 Å². The van der Waals surface area contributed by atoms with Crippen LogP contribution in [0.5, 0.6) is 0 Å². The van der Waals surface area contributed by atoms with E-state index in [9.17, 15) is 4.79 Å². The first-order valence-electron chi connectivity index (χ1n) is 7.07. The van der Waals surface area contributed by atoms with Gasteiger partial charge in [-0.15, -0.1) is 12.4 Å². The zero-order chi connectivity index (χ0) is 14.5. The Labute approximate surface area is 128 Å². The van der Waals surface area contributed by atoms with Crippen molar-refractivity contribution in [1.29, 1.82) is 0 Å². The third-order valence-electron chi connectivity index (χ3n) is 3.46. The molecule has 114 valence electrons. The molecule has 0 aliphatic heterocycles. The number of aryl methyl sites for hydroxylation is 1. The molecule has 1 atom stereocenters. The van der Waals surface area contributed by atoms with E-state index in [1.807, 2.05) is 20.8 Å². The van der Waals surface area contributed by atoms with Crippen LogP contribution in [0.15, 0.2) is 24.3 Å². The summed E-state index contributed by atoms with van der Waals surface area (Å²) in [6, 6.07) is 7.94. The number of halogens is 1. The molecule has 1 amide bonds. The molecule has 3 nitrogen and oxygen atoms in total. The van der Waals surface area contributed by atoms with E-state index in [4.69, 9.17) is 5.73 Å². The van der Waals surface area contributed by atoms with Crippen molar-refractivity contribution >= 4 is 18.3 Å². The number of hydrogen-bond donors (Lipinski definition) is 2. The van der Waals surface area contributed by atoms with Crippen molar-refractivity contribution in [3.05, 3.63) is 35.4 Å². The summed E-state index contributed by atoms with van der Waals surface area (Å²) < 4.78 is 0. The first kappa shape index (κ1) is 18.9. The van der Waals surface area contributed by atoms with Crippen LogP contribution in [0.1, 0.15) is 51.7 Å². The van der Waals surface area contributed by atoms with Crippen LogP contribution in [0.2, 0.25) is 0 Å². The van der Waals surface area contributed by atoms with E-state index in [2.05, 4.69) is 36.5 Å². The molecule has 0 fully saturated rings. The van der Waals surface area contributed by atoms with Crippen molar-refractivity contribution in [3.8, 4) is 0 Å². The van der Waals surface area contributed by atoms with Gasteiger partial charge in [-0.05, 0) is 37.8 Å². The zero-order valence-corrected chi connectivity index (χ0v) is 13.7. The highest BCUT2D eigenvalue weighted by molar-refractivity contribution is 5.85. The molecule has 4 heteroatoms. The van der Waals surface area contributed by atoms with E-state index in [-0.39, 0.29) is 18.3 Å². The maximum absolute atomic E-state index is 12.0. The molecular weight excluding hydrogens is 272 g/mol. The molecule has 0 aromatic heterocycles. The summed E-state index contributed by atoms with van der Waals surface area (Å²) in [5.41, 5.74) is 7.85. The SMILES string of the molecule is CCCC(N)C(=O)NC(C)(C)c1ccc(CC)cc1.Cl. The van der Waals surface area contributed by atoms with Gasteiger partial charge in [-0.1, -0.05) is 44.5 Å². The topological polar surface area (TPSA) is 55.1 Å². The number of carbonyl (C=O) groups excluding carboxylic acids is 1. The van der Waals surface area contributed by atoms with Gasteiger partial charge in [-0.2, -0.15) is 0 Å². The van der Waals surface area contributed by atoms with Gasteiger partial charge in [0.1, 0.15) is 0 Å². The molecule has 0 aliphatic carbocycles. The highest BCUT2D eigenvalue weighted by Gasteiger charge is 2.25. The monoisotopic (exact) mass is 298 g/mol. The lowest BCUT2D eigenvalue weighted by Crippen LogP contribution is -2.48. The Balaban J connectivity index is 0.00000361. The Morgan fingerprint density at radius 3 is 2.25 bits per heavy atom. The third kappa shape index (κ3) is 5.14. The number of benzene rings is 1. The maximum Gasteiger partial charge on any atom is 0.237 e. The van der Waals surface area contributed by atoms with Crippen molar-refractivity contribution in [2.24, 2.45) is 5.73 Å². The van der Waals surface area contributed by atoms with Gasteiger partial charge in [0.15, 0.2) is 0 Å². The molecule has 1 unspecified atom stereocenters. The predicted octanol–water partition coefficient (Wildman–Crippen LogP) is 3.15. The Morgan fingerprint density at radius 1 is 1.25 bits per heavy atom. The predicted molar refractivity (Wildman–Crippen MR) is 87.1 cm³/mol. The Morgan fingerprint density at radius 2 is 1.80 bits per heavy atom. The lowest BCUT2D eigenvalue weighted by atomic mass is 9.92. The highest BCUT2D eigenvalue weighted by Crippen LogP contribution is 2.21. The summed E-state index contributed by atoms with van der Waals surface area (Å²) in [5.74, 6) is -0.0774. The summed E-state index contributed by atoms with van der Waals surface area (Å²) in [4.78, 5) is 12.0. The fraction of sp³-hybridized carbons (Fsp3) is 0.562. The summed E-state index contributed by atoms with van der Waals surface area (Å²) in [6.45, 7) is 8.17. The zero-order valence-electron chi connectivity index (χ0n) is 12.9. The van der Waals surface area contributed by atoms with Gasteiger partial charge in [-0.3, -0.25) is 4.79 Å². The molecule has 0 spiro atoms. The molecule has 1 aromatic carbocycles. The minimum atomic E-state index is -0.417. The number of rotatable bonds is 6. The largest absolute Gasteiger partial charge is 0.346 e. The second-order valence-electron chi connectivity index (χ2n) is 5.56. The molecular formula is C16H27ClN2O. The lowest BCUT2D eigenvalue weighted by molar-refractivity contribution is -0.124.